The molecule has 4 nitrogen and oxygen atoms in total. The number of anilines is 1. The van der Waals surface area contributed by atoms with Crippen LogP contribution in [-0.4, -0.2) is 28.8 Å². The van der Waals surface area contributed by atoms with Gasteiger partial charge in [-0.15, -0.1) is 0 Å². The van der Waals surface area contributed by atoms with Gasteiger partial charge in [0.1, 0.15) is 0 Å². The molecule has 114 valence electrons. The maximum Gasteiger partial charge on any atom is 0.313 e. The monoisotopic (exact) mass is 352 g/mol. The Hall–Kier alpha value is -1.36. The molecular weight excluding hydrogens is 332 g/mol. The topological polar surface area (TPSA) is 49.4 Å². The normalized spacial score (nSPS) is 22.0. The van der Waals surface area contributed by atoms with Crippen molar-refractivity contribution in [3.05, 3.63) is 28.2 Å². The maximum atomic E-state index is 12.4. The Morgan fingerprint density at radius 1 is 1.24 bits per heavy atom. The molecule has 1 heterocycles. The average molecular weight is 353 g/mol. The summed E-state index contributed by atoms with van der Waals surface area (Å²) in [5, 5.41) is 2.72. The lowest BCUT2D eigenvalue weighted by atomic mass is 9.97. The standard InChI is InChI=1S/C16H21BrN2O2/c1-10-9-13(17)7-8-14(10)18-15(20)16(21)19-11(2)5-4-6-12(19)3/h7-9,11-12H,4-6H2,1-3H3,(H,18,20). The second-order valence-corrected chi connectivity index (χ2v) is 6.67. The number of piperidine rings is 1. The molecule has 1 aromatic carbocycles. The van der Waals surface area contributed by atoms with E-state index in [0.29, 0.717) is 5.69 Å². The van der Waals surface area contributed by atoms with Gasteiger partial charge in [0.05, 0.1) is 0 Å². The quantitative estimate of drug-likeness (QED) is 0.786. The van der Waals surface area contributed by atoms with Crippen LogP contribution < -0.4 is 5.32 Å². The summed E-state index contributed by atoms with van der Waals surface area (Å²) >= 11 is 3.38. The molecule has 0 aromatic heterocycles. The van der Waals surface area contributed by atoms with Gasteiger partial charge >= 0.3 is 11.8 Å². The Morgan fingerprint density at radius 3 is 2.43 bits per heavy atom. The minimum absolute atomic E-state index is 0.123. The summed E-state index contributed by atoms with van der Waals surface area (Å²) in [7, 11) is 0. The lowest BCUT2D eigenvalue weighted by molar-refractivity contribution is -0.147. The number of aryl methyl sites for hydroxylation is 1. The van der Waals surface area contributed by atoms with Crippen LogP contribution in [0.5, 0.6) is 0 Å². The number of benzene rings is 1. The first-order valence-corrected chi connectivity index (χ1v) is 8.09. The number of halogens is 1. The van der Waals surface area contributed by atoms with Crippen molar-refractivity contribution in [3.8, 4) is 0 Å². The first kappa shape index (κ1) is 16.0. The zero-order valence-corrected chi connectivity index (χ0v) is 14.2. The van der Waals surface area contributed by atoms with Crippen molar-refractivity contribution in [3.63, 3.8) is 0 Å². The fourth-order valence-corrected chi connectivity index (χ4v) is 3.36. The number of nitrogens with zero attached hydrogens (tertiary/aromatic N) is 1. The molecule has 21 heavy (non-hydrogen) atoms. The molecule has 0 aliphatic carbocycles. The smallest absolute Gasteiger partial charge is 0.313 e. The van der Waals surface area contributed by atoms with E-state index in [0.717, 1.165) is 29.3 Å². The molecular formula is C16H21BrN2O2. The highest BCUT2D eigenvalue weighted by Crippen LogP contribution is 2.24. The highest BCUT2D eigenvalue weighted by atomic mass is 79.9. The van der Waals surface area contributed by atoms with Gasteiger partial charge in [0, 0.05) is 22.2 Å². The number of likely N-dealkylation sites (tertiary alicyclic amines) is 1. The fourth-order valence-electron chi connectivity index (χ4n) is 2.88. The summed E-state index contributed by atoms with van der Waals surface area (Å²) in [6, 6.07) is 5.80. The number of nitrogens with one attached hydrogen (secondary N) is 1. The number of carbonyl (C=O) groups excluding carboxylic acids is 2. The number of hydrogen-bond acceptors (Lipinski definition) is 2. The van der Waals surface area contributed by atoms with Crippen LogP contribution in [0.25, 0.3) is 0 Å². The van der Waals surface area contributed by atoms with Crippen molar-refractivity contribution in [2.75, 3.05) is 5.32 Å². The molecule has 1 aromatic rings. The van der Waals surface area contributed by atoms with Gasteiger partial charge in [0.15, 0.2) is 0 Å². The number of rotatable bonds is 1. The predicted molar refractivity (Wildman–Crippen MR) is 87.1 cm³/mol. The second-order valence-electron chi connectivity index (χ2n) is 5.75. The van der Waals surface area contributed by atoms with Gasteiger partial charge in [-0.25, -0.2) is 0 Å². The minimum atomic E-state index is -0.555. The van der Waals surface area contributed by atoms with Crippen molar-refractivity contribution in [1.82, 2.24) is 4.90 Å². The molecule has 1 saturated heterocycles. The van der Waals surface area contributed by atoms with Gasteiger partial charge in [0.25, 0.3) is 0 Å². The largest absolute Gasteiger partial charge is 0.329 e. The summed E-state index contributed by atoms with van der Waals surface area (Å²) in [6.45, 7) is 5.91. The van der Waals surface area contributed by atoms with Crippen LogP contribution in [0.1, 0.15) is 38.7 Å². The molecule has 2 unspecified atom stereocenters. The first-order valence-electron chi connectivity index (χ1n) is 7.30. The zero-order chi connectivity index (χ0) is 15.6. The molecule has 2 amide bonds. The Balaban J connectivity index is 2.10. The van der Waals surface area contributed by atoms with Crippen LogP contribution in [0.2, 0.25) is 0 Å². The van der Waals surface area contributed by atoms with E-state index < -0.39 is 11.8 Å². The number of hydrogen-bond donors (Lipinski definition) is 1. The molecule has 0 spiro atoms. The van der Waals surface area contributed by atoms with Crippen molar-refractivity contribution >= 4 is 33.4 Å². The summed E-state index contributed by atoms with van der Waals surface area (Å²) in [5.74, 6) is -0.988. The summed E-state index contributed by atoms with van der Waals surface area (Å²) in [6.07, 6.45) is 3.03. The van der Waals surface area contributed by atoms with E-state index in [4.69, 9.17) is 0 Å². The van der Waals surface area contributed by atoms with Gasteiger partial charge in [0.2, 0.25) is 0 Å². The molecule has 0 bridgehead atoms. The molecule has 5 heteroatoms. The summed E-state index contributed by atoms with van der Waals surface area (Å²) in [5.41, 5.74) is 1.60. The van der Waals surface area contributed by atoms with Gasteiger partial charge in [-0.05, 0) is 63.8 Å². The van der Waals surface area contributed by atoms with Crippen LogP contribution >= 0.6 is 15.9 Å². The summed E-state index contributed by atoms with van der Waals surface area (Å²) < 4.78 is 0.947. The third kappa shape index (κ3) is 3.64. The van der Waals surface area contributed by atoms with Crippen molar-refractivity contribution in [1.29, 1.82) is 0 Å². The molecule has 0 radical (unpaired) electrons. The van der Waals surface area contributed by atoms with E-state index in [1.807, 2.05) is 32.9 Å². The third-order valence-corrected chi connectivity index (χ3v) is 4.55. The predicted octanol–water partition coefficient (Wildman–Crippen LogP) is 3.49. The van der Waals surface area contributed by atoms with E-state index in [9.17, 15) is 9.59 Å². The zero-order valence-electron chi connectivity index (χ0n) is 12.6. The van der Waals surface area contributed by atoms with E-state index in [2.05, 4.69) is 21.2 Å². The average Bonchev–Trinajstić information content (AvgIpc) is 2.41. The van der Waals surface area contributed by atoms with Gasteiger partial charge in [-0.1, -0.05) is 15.9 Å². The highest BCUT2D eigenvalue weighted by Gasteiger charge is 2.32. The Morgan fingerprint density at radius 2 is 1.86 bits per heavy atom. The van der Waals surface area contributed by atoms with Crippen LogP contribution in [0, 0.1) is 6.92 Å². The summed E-state index contributed by atoms with van der Waals surface area (Å²) in [4.78, 5) is 26.3. The van der Waals surface area contributed by atoms with Crippen LogP contribution in [0.15, 0.2) is 22.7 Å². The van der Waals surface area contributed by atoms with Gasteiger partial charge < -0.3 is 10.2 Å². The minimum Gasteiger partial charge on any atom is -0.329 e. The van der Waals surface area contributed by atoms with E-state index in [-0.39, 0.29) is 12.1 Å². The Kier molecular flexibility index (Phi) is 5.04. The lowest BCUT2D eigenvalue weighted by Gasteiger charge is -2.38. The van der Waals surface area contributed by atoms with Crippen molar-refractivity contribution in [2.24, 2.45) is 0 Å². The van der Waals surface area contributed by atoms with Gasteiger partial charge in [-0.2, -0.15) is 0 Å². The van der Waals surface area contributed by atoms with Gasteiger partial charge in [-0.3, -0.25) is 9.59 Å². The SMILES string of the molecule is Cc1cc(Br)ccc1NC(=O)C(=O)N1C(C)CCCC1C. The molecule has 1 aliphatic rings. The van der Waals surface area contributed by atoms with Crippen LogP contribution in [-0.2, 0) is 9.59 Å². The Bertz CT molecular complexity index is 549. The molecule has 2 atom stereocenters. The molecule has 1 fully saturated rings. The molecule has 1 N–H and O–H groups in total. The fraction of sp³-hybridized carbons (Fsp3) is 0.500. The number of carbonyl (C=O) groups is 2. The van der Waals surface area contributed by atoms with E-state index >= 15 is 0 Å². The van der Waals surface area contributed by atoms with E-state index in [1.165, 1.54) is 0 Å². The third-order valence-electron chi connectivity index (χ3n) is 4.06. The van der Waals surface area contributed by atoms with Crippen LogP contribution in [0.3, 0.4) is 0 Å². The van der Waals surface area contributed by atoms with Crippen molar-refractivity contribution < 1.29 is 9.59 Å². The first-order chi connectivity index (χ1) is 9.90. The van der Waals surface area contributed by atoms with E-state index in [1.54, 1.807) is 11.0 Å². The highest BCUT2D eigenvalue weighted by molar-refractivity contribution is 9.10. The maximum absolute atomic E-state index is 12.4. The molecule has 1 aliphatic heterocycles. The number of amides is 2. The second kappa shape index (κ2) is 6.60. The van der Waals surface area contributed by atoms with Crippen LogP contribution in [0.4, 0.5) is 5.69 Å². The Labute approximate surface area is 134 Å². The lowest BCUT2D eigenvalue weighted by Crippen LogP contribution is -2.51. The van der Waals surface area contributed by atoms with Crippen molar-refractivity contribution in [2.45, 2.75) is 52.1 Å². The molecule has 0 saturated carbocycles. The molecule has 2 rings (SSSR count).